The van der Waals surface area contributed by atoms with E-state index in [0.29, 0.717) is 0 Å². The van der Waals surface area contributed by atoms with Crippen LogP contribution < -0.4 is 10.6 Å². The SMILES string of the molecule is CCN1CCN(c2ccc(Cl)cc2CC(C)N)CC1. The van der Waals surface area contributed by atoms with Gasteiger partial charge in [-0.15, -0.1) is 0 Å². The fourth-order valence-corrected chi connectivity index (χ4v) is 2.87. The minimum Gasteiger partial charge on any atom is -0.369 e. The number of anilines is 1. The molecule has 0 spiro atoms. The molecule has 19 heavy (non-hydrogen) atoms. The average Bonchev–Trinajstić information content (AvgIpc) is 2.38. The third kappa shape index (κ3) is 3.85. The topological polar surface area (TPSA) is 32.5 Å². The molecular formula is C15H24ClN3. The second-order valence-corrected chi connectivity index (χ2v) is 5.81. The van der Waals surface area contributed by atoms with Gasteiger partial charge in [-0.2, -0.15) is 0 Å². The van der Waals surface area contributed by atoms with E-state index in [1.807, 2.05) is 13.0 Å². The standard InChI is InChI=1S/C15H24ClN3/c1-3-18-6-8-19(9-7-18)15-5-4-14(16)11-13(15)10-12(2)17/h4-5,11-12H,3,6-10,17H2,1-2H3. The van der Waals surface area contributed by atoms with Gasteiger partial charge in [0.05, 0.1) is 0 Å². The zero-order valence-corrected chi connectivity index (χ0v) is 12.7. The highest BCUT2D eigenvalue weighted by molar-refractivity contribution is 6.30. The highest BCUT2D eigenvalue weighted by atomic mass is 35.5. The summed E-state index contributed by atoms with van der Waals surface area (Å²) in [6.07, 6.45) is 0.879. The van der Waals surface area contributed by atoms with Gasteiger partial charge in [0.2, 0.25) is 0 Å². The molecule has 4 heteroatoms. The van der Waals surface area contributed by atoms with E-state index in [4.69, 9.17) is 17.3 Å². The van der Waals surface area contributed by atoms with Gasteiger partial charge in [-0.25, -0.2) is 0 Å². The number of rotatable bonds is 4. The van der Waals surface area contributed by atoms with Crippen LogP contribution in [0.2, 0.25) is 5.02 Å². The summed E-state index contributed by atoms with van der Waals surface area (Å²) >= 11 is 6.12. The van der Waals surface area contributed by atoms with E-state index in [0.717, 1.165) is 44.2 Å². The Morgan fingerprint density at radius 1 is 1.26 bits per heavy atom. The highest BCUT2D eigenvalue weighted by Gasteiger charge is 2.18. The number of nitrogens with two attached hydrogens (primary N) is 1. The smallest absolute Gasteiger partial charge is 0.0410 e. The van der Waals surface area contributed by atoms with Gasteiger partial charge < -0.3 is 15.5 Å². The monoisotopic (exact) mass is 281 g/mol. The van der Waals surface area contributed by atoms with Crippen molar-refractivity contribution in [2.45, 2.75) is 26.3 Å². The zero-order chi connectivity index (χ0) is 13.8. The van der Waals surface area contributed by atoms with Crippen LogP contribution in [0.15, 0.2) is 18.2 Å². The summed E-state index contributed by atoms with van der Waals surface area (Å²) < 4.78 is 0. The van der Waals surface area contributed by atoms with Gasteiger partial charge in [0.25, 0.3) is 0 Å². The highest BCUT2D eigenvalue weighted by Crippen LogP contribution is 2.26. The molecular weight excluding hydrogens is 258 g/mol. The summed E-state index contributed by atoms with van der Waals surface area (Å²) in [5.41, 5.74) is 8.52. The Labute approximate surface area is 121 Å². The molecule has 1 saturated heterocycles. The van der Waals surface area contributed by atoms with E-state index in [1.54, 1.807) is 0 Å². The Morgan fingerprint density at radius 2 is 1.95 bits per heavy atom. The molecule has 2 N–H and O–H groups in total. The summed E-state index contributed by atoms with van der Waals surface area (Å²) in [4.78, 5) is 4.94. The largest absolute Gasteiger partial charge is 0.369 e. The third-order valence-corrected chi connectivity index (χ3v) is 3.98. The molecule has 1 aliphatic heterocycles. The molecule has 106 valence electrons. The van der Waals surface area contributed by atoms with Crippen molar-refractivity contribution in [2.75, 3.05) is 37.6 Å². The second-order valence-electron chi connectivity index (χ2n) is 5.38. The average molecular weight is 282 g/mol. The van der Waals surface area contributed by atoms with E-state index in [9.17, 15) is 0 Å². The first kappa shape index (κ1) is 14.6. The first-order valence-corrected chi connectivity index (χ1v) is 7.49. The van der Waals surface area contributed by atoms with Crippen molar-refractivity contribution >= 4 is 17.3 Å². The van der Waals surface area contributed by atoms with E-state index < -0.39 is 0 Å². The normalized spacial score (nSPS) is 18.6. The van der Waals surface area contributed by atoms with Gasteiger partial charge in [0.15, 0.2) is 0 Å². The quantitative estimate of drug-likeness (QED) is 0.920. The number of benzene rings is 1. The third-order valence-electron chi connectivity index (χ3n) is 3.74. The van der Waals surface area contributed by atoms with Gasteiger partial charge >= 0.3 is 0 Å². The molecule has 0 radical (unpaired) electrons. The lowest BCUT2D eigenvalue weighted by Gasteiger charge is -2.36. The van der Waals surface area contributed by atoms with Crippen LogP contribution in [0.3, 0.4) is 0 Å². The molecule has 3 nitrogen and oxygen atoms in total. The fourth-order valence-electron chi connectivity index (χ4n) is 2.68. The molecule has 1 aromatic carbocycles. The minimum absolute atomic E-state index is 0.161. The van der Waals surface area contributed by atoms with Crippen LogP contribution in [0.5, 0.6) is 0 Å². The lowest BCUT2D eigenvalue weighted by Crippen LogP contribution is -2.46. The van der Waals surface area contributed by atoms with Crippen LogP contribution >= 0.6 is 11.6 Å². The summed E-state index contributed by atoms with van der Waals surface area (Å²) in [6, 6.07) is 6.34. The van der Waals surface area contributed by atoms with Crippen molar-refractivity contribution in [3.05, 3.63) is 28.8 Å². The molecule has 0 aliphatic carbocycles. The van der Waals surface area contributed by atoms with E-state index >= 15 is 0 Å². The second kappa shape index (κ2) is 6.60. The van der Waals surface area contributed by atoms with E-state index in [2.05, 4.69) is 28.9 Å². The van der Waals surface area contributed by atoms with Gasteiger partial charge in [-0.1, -0.05) is 18.5 Å². The summed E-state index contributed by atoms with van der Waals surface area (Å²) in [6.45, 7) is 9.84. The first-order valence-electron chi connectivity index (χ1n) is 7.11. The van der Waals surface area contributed by atoms with Gasteiger partial charge in [-0.3, -0.25) is 0 Å². The van der Waals surface area contributed by atoms with Crippen LogP contribution in [0.25, 0.3) is 0 Å². The molecule has 1 unspecified atom stereocenters. The number of halogens is 1. The van der Waals surface area contributed by atoms with Crippen molar-refractivity contribution in [3.8, 4) is 0 Å². The minimum atomic E-state index is 0.161. The Kier molecular flexibility index (Phi) is 5.08. The predicted molar refractivity (Wildman–Crippen MR) is 83.1 cm³/mol. The van der Waals surface area contributed by atoms with Crippen LogP contribution in [-0.4, -0.2) is 43.7 Å². The first-order chi connectivity index (χ1) is 9.10. The molecule has 1 atom stereocenters. The molecule has 0 amide bonds. The molecule has 1 aromatic rings. The lowest BCUT2D eigenvalue weighted by molar-refractivity contribution is 0.271. The van der Waals surface area contributed by atoms with Gasteiger partial charge in [0.1, 0.15) is 0 Å². The number of hydrogen-bond acceptors (Lipinski definition) is 3. The van der Waals surface area contributed by atoms with Crippen LogP contribution in [-0.2, 0) is 6.42 Å². The molecule has 1 heterocycles. The van der Waals surface area contributed by atoms with Crippen molar-refractivity contribution in [2.24, 2.45) is 5.73 Å². The Balaban J connectivity index is 2.15. The Bertz CT molecular complexity index is 412. The van der Waals surface area contributed by atoms with Crippen molar-refractivity contribution in [1.82, 2.24) is 4.90 Å². The zero-order valence-electron chi connectivity index (χ0n) is 11.9. The van der Waals surface area contributed by atoms with Gasteiger partial charge in [-0.05, 0) is 43.7 Å². The van der Waals surface area contributed by atoms with Crippen molar-refractivity contribution < 1.29 is 0 Å². The molecule has 0 aromatic heterocycles. The Morgan fingerprint density at radius 3 is 2.53 bits per heavy atom. The van der Waals surface area contributed by atoms with E-state index in [-0.39, 0.29) is 6.04 Å². The molecule has 0 saturated carbocycles. The summed E-state index contributed by atoms with van der Waals surface area (Å²) in [5.74, 6) is 0. The van der Waals surface area contributed by atoms with Gasteiger partial charge in [0, 0.05) is 42.9 Å². The molecule has 2 rings (SSSR count). The maximum atomic E-state index is 6.12. The maximum absolute atomic E-state index is 6.12. The Hall–Kier alpha value is -0.770. The lowest BCUT2D eigenvalue weighted by atomic mass is 10.0. The number of likely N-dealkylation sites (N-methyl/N-ethyl adjacent to an activating group) is 1. The van der Waals surface area contributed by atoms with Crippen molar-refractivity contribution in [1.29, 1.82) is 0 Å². The number of piperazine rings is 1. The van der Waals surface area contributed by atoms with Crippen molar-refractivity contribution in [3.63, 3.8) is 0 Å². The molecule has 1 aliphatic rings. The number of nitrogens with zero attached hydrogens (tertiary/aromatic N) is 2. The van der Waals surface area contributed by atoms with E-state index in [1.165, 1.54) is 11.3 Å². The van der Waals surface area contributed by atoms with Crippen LogP contribution in [0.4, 0.5) is 5.69 Å². The van der Waals surface area contributed by atoms with Crippen LogP contribution in [0.1, 0.15) is 19.4 Å². The number of hydrogen-bond donors (Lipinski definition) is 1. The predicted octanol–water partition coefficient (Wildman–Crippen LogP) is 2.37. The molecule has 0 bridgehead atoms. The fraction of sp³-hybridized carbons (Fsp3) is 0.600. The maximum Gasteiger partial charge on any atom is 0.0410 e. The summed E-state index contributed by atoms with van der Waals surface area (Å²) in [7, 11) is 0. The molecule has 1 fully saturated rings. The summed E-state index contributed by atoms with van der Waals surface area (Å²) in [5, 5.41) is 0.798. The van der Waals surface area contributed by atoms with Crippen LogP contribution in [0, 0.1) is 0 Å².